The Morgan fingerprint density at radius 2 is 2.22 bits per heavy atom. The molecule has 0 unspecified atom stereocenters. The van der Waals surface area contributed by atoms with Crippen molar-refractivity contribution in [3.8, 4) is 11.3 Å². The number of carbonyl (C=O) groups excluding carboxylic acids is 1. The molecule has 0 spiro atoms. The molecule has 1 amide bonds. The van der Waals surface area contributed by atoms with Gasteiger partial charge in [0.05, 0.1) is 23.1 Å². The van der Waals surface area contributed by atoms with Crippen LogP contribution in [0.1, 0.15) is 26.2 Å². The van der Waals surface area contributed by atoms with Gasteiger partial charge in [-0.1, -0.05) is 24.4 Å². The van der Waals surface area contributed by atoms with Gasteiger partial charge >= 0.3 is 0 Å². The minimum Gasteiger partial charge on any atom is -0.368 e. The number of nitrogens with two attached hydrogens (primary N) is 1. The van der Waals surface area contributed by atoms with E-state index in [0.717, 1.165) is 35.5 Å². The summed E-state index contributed by atoms with van der Waals surface area (Å²) in [6.45, 7) is 2.53. The van der Waals surface area contributed by atoms with Gasteiger partial charge in [-0.3, -0.25) is 9.78 Å². The van der Waals surface area contributed by atoms with Crippen molar-refractivity contribution in [1.82, 2.24) is 19.9 Å². The van der Waals surface area contributed by atoms with Crippen molar-refractivity contribution in [3.63, 3.8) is 0 Å². The Morgan fingerprint density at radius 1 is 1.41 bits per heavy atom. The lowest BCUT2D eigenvalue weighted by atomic mass is 10.1. The number of amides is 1. The molecule has 1 aliphatic rings. The molecule has 1 saturated carbocycles. The van der Waals surface area contributed by atoms with Crippen molar-refractivity contribution in [2.45, 2.75) is 32.2 Å². The molecule has 0 saturated heterocycles. The molecule has 1 aliphatic carbocycles. The lowest BCUT2D eigenvalue weighted by molar-refractivity contribution is -0.119. The average Bonchev–Trinajstić information content (AvgIpc) is 3.39. The molecular formula is C19H21ClN6O. The van der Waals surface area contributed by atoms with Gasteiger partial charge in [0, 0.05) is 29.9 Å². The van der Waals surface area contributed by atoms with Crippen LogP contribution in [0.15, 0.2) is 30.9 Å². The quantitative estimate of drug-likeness (QED) is 0.651. The minimum atomic E-state index is -0.451. The van der Waals surface area contributed by atoms with E-state index in [-0.39, 0.29) is 5.91 Å². The fourth-order valence-corrected chi connectivity index (χ4v) is 3.36. The summed E-state index contributed by atoms with van der Waals surface area (Å²) in [4.78, 5) is 30.3. The van der Waals surface area contributed by atoms with E-state index in [1.165, 1.54) is 12.8 Å². The molecule has 0 aliphatic heterocycles. The zero-order chi connectivity index (χ0) is 19.0. The Morgan fingerprint density at radius 3 is 2.96 bits per heavy atom. The lowest BCUT2D eigenvalue weighted by Crippen LogP contribution is -2.44. The number of aromatic nitrogens is 4. The van der Waals surface area contributed by atoms with E-state index in [0.29, 0.717) is 16.5 Å². The molecule has 3 N–H and O–H groups in total. The average molecular weight is 385 g/mol. The first-order chi connectivity index (χ1) is 13.0. The molecule has 7 nitrogen and oxygen atoms in total. The number of anilines is 1. The summed E-state index contributed by atoms with van der Waals surface area (Å²) in [6, 6.07) is 1.40. The Hall–Kier alpha value is -2.67. The van der Waals surface area contributed by atoms with Crippen molar-refractivity contribution in [3.05, 3.63) is 35.9 Å². The summed E-state index contributed by atoms with van der Waals surface area (Å²) < 4.78 is 0. The van der Waals surface area contributed by atoms with Crippen LogP contribution < -0.4 is 10.6 Å². The second-order valence-corrected chi connectivity index (χ2v) is 7.45. The fraction of sp³-hybridized carbons (Fsp3) is 0.368. The molecular weight excluding hydrogens is 364 g/mol. The van der Waals surface area contributed by atoms with Gasteiger partial charge < -0.3 is 15.6 Å². The van der Waals surface area contributed by atoms with Gasteiger partial charge in [0.15, 0.2) is 0 Å². The van der Waals surface area contributed by atoms with Crippen molar-refractivity contribution in [2.24, 2.45) is 11.7 Å². The van der Waals surface area contributed by atoms with Crippen LogP contribution in [0, 0.1) is 5.92 Å². The third-order valence-electron chi connectivity index (χ3n) is 5.04. The molecule has 3 aromatic rings. The summed E-state index contributed by atoms with van der Waals surface area (Å²) >= 11 is 6.10. The van der Waals surface area contributed by atoms with E-state index in [1.54, 1.807) is 25.5 Å². The third-order valence-corrected chi connectivity index (χ3v) is 5.25. The van der Waals surface area contributed by atoms with Crippen molar-refractivity contribution >= 4 is 34.4 Å². The number of rotatable bonds is 7. The maximum Gasteiger partial charge on any atom is 0.239 e. The molecule has 4 rings (SSSR count). The molecule has 8 heteroatoms. The topological polar surface area (TPSA) is 101 Å². The normalized spacial score (nSPS) is 15.0. The van der Waals surface area contributed by atoms with E-state index in [1.807, 2.05) is 17.2 Å². The fourth-order valence-electron chi connectivity index (χ4n) is 3.20. The predicted molar refractivity (Wildman–Crippen MR) is 105 cm³/mol. The van der Waals surface area contributed by atoms with E-state index in [9.17, 15) is 4.79 Å². The van der Waals surface area contributed by atoms with Crippen molar-refractivity contribution < 1.29 is 4.79 Å². The monoisotopic (exact) mass is 384 g/mol. The van der Waals surface area contributed by atoms with E-state index >= 15 is 0 Å². The first-order valence-electron chi connectivity index (χ1n) is 9.04. The van der Waals surface area contributed by atoms with Crippen molar-refractivity contribution in [2.75, 3.05) is 11.4 Å². The molecule has 140 valence electrons. The van der Waals surface area contributed by atoms with E-state index in [4.69, 9.17) is 22.3 Å². The van der Waals surface area contributed by atoms with Crippen LogP contribution in [0.3, 0.4) is 0 Å². The van der Waals surface area contributed by atoms with Crippen LogP contribution in [0.25, 0.3) is 22.3 Å². The molecule has 0 aromatic carbocycles. The number of H-pyrrole nitrogens is 1. The number of carbonyl (C=O) groups is 1. The number of aromatic amines is 1. The van der Waals surface area contributed by atoms with Gasteiger partial charge in [-0.05, 0) is 25.3 Å². The Balaban J connectivity index is 1.70. The van der Waals surface area contributed by atoms with Gasteiger partial charge in [-0.2, -0.15) is 0 Å². The highest BCUT2D eigenvalue weighted by atomic mass is 35.5. The number of halogens is 1. The Bertz CT molecular complexity index is 983. The zero-order valence-corrected chi connectivity index (χ0v) is 15.8. The van der Waals surface area contributed by atoms with Gasteiger partial charge in [-0.15, -0.1) is 0 Å². The highest BCUT2D eigenvalue weighted by Crippen LogP contribution is 2.33. The molecule has 1 fully saturated rings. The summed E-state index contributed by atoms with van der Waals surface area (Å²) in [7, 11) is 0. The van der Waals surface area contributed by atoms with Crippen molar-refractivity contribution in [1.29, 1.82) is 0 Å². The van der Waals surface area contributed by atoms with E-state index < -0.39 is 6.04 Å². The molecule has 3 heterocycles. The maximum atomic E-state index is 11.8. The number of primary amides is 1. The third kappa shape index (κ3) is 3.73. The molecule has 1 atom stereocenters. The number of fused-ring (bicyclic) bond motifs is 1. The summed E-state index contributed by atoms with van der Waals surface area (Å²) in [5.74, 6) is 1.01. The number of hydrogen-bond acceptors (Lipinski definition) is 5. The molecule has 0 radical (unpaired) electrons. The maximum absolute atomic E-state index is 11.8. The van der Waals surface area contributed by atoms with Crippen LogP contribution in [-0.2, 0) is 4.79 Å². The second kappa shape index (κ2) is 7.15. The van der Waals surface area contributed by atoms with Gasteiger partial charge in [-0.25, -0.2) is 9.97 Å². The predicted octanol–water partition coefficient (Wildman–Crippen LogP) is 3.15. The van der Waals surface area contributed by atoms with E-state index in [2.05, 4.69) is 15.0 Å². The number of nitrogens with one attached hydrogen (secondary N) is 1. The summed E-state index contributed by atoms with van der Waals surface area (Å²) in [5.41, 5.74) is 7.85. The van der Waals surface area contributed by atoms with Crippen LogP contribution in [0.5, 0.6) is 0 Å². The first kappa shape index (κ1) is 17.7. The Kier molecular flexibility index (Phi) is 4.70. The number of hydrogen-bond donors (Lipinski definition) is 2. The standard InChI is InChI=1S/C19H21ClN6O/c1-11(18(21)27)26(5-4-12-2-3-12)17-10-22-9-16(25-17)15-8-24-19-14(15)6-13(20)7-23-19/h6-12H,2-5H2,1H3,(H2,21,27)(H,23,24)/t11-/m1/s1. The summed E-state index contributed by atoms with van der Waals surface area (Å²) in [5, 5.41) is 1.43. The lowest BCUT2D eigenvalue weighted by Gasteiger charge is -2.28. The molecule has 3 aromatic heterocycles. The van der Waals surface area contributed by atoms with Crippen LogP contribution >= 0.6 is 11.6 Å². The minimum absolute atomic E-state index is 0.374. The molecule has 27 heavy (non-hydrogen) atoms. The van der Waals surface area contributed by atoms with Crippen LogP contribution in [0.2, 0.25) is 5.02 Å². The number of nitrogens with zero attached hydrogens (tertiary/aromatic N) is 4. The number of pyridine rings is 1. The van der Waals surface area contributed by atoms with Gasteiger partial charge in [0.2, 0.25) is 5.91 Å². The highest BCUT2D eigenvalue weighted by Gasteiger charge is 2.26. The second-order valence-electron chi connectivity index (χ2n) is 7.02. The van der Waals surface area contributed by atoms with Gasteiger partial charge in [0.1, 0.15) is 17.5 Å². The zero-order valence-electron chi connectivity index (χ0n) is 15.0. The Labute approximate surface area is 162 Å². The van der Waals surface area contributed by atoms with Gasteiger partial charge in [0.25, 0.3) is 0 Å². The first-order valence-corrected chi connectivity index (χ1v) is 9.41. The largest absolute Gasteiger partial charge is 0.368 e. The molecule has 0 bridgehead atoms. The van der Waals surface area contributed by atoms with Crippen LogP contribution in [-0.4, -0.2) is 38.4 Å². The SMILES string of the molecule is C[C@H](C(N)=O)N(CCC1CC1)c1cncc(-c2c[nH]c3ncc(Cl)cc23)n1. The summed E-state index contributed by atoms with van der Waals surface area (Å²) in [6.07, 6.45) is 10.3. The highest BCUT2D eigenvalue weighted by molar-refractivity contribution is 6.31. The smallest absolute Gasteiger partial charge is 0.239 e. The van der Waals surface area contributed by atoms with Crippen LogP contribution in [0.4, 0.5) is 5.82 Å².